The first kappa shape index (κ1) is 24.1. The molecule has 0 saturated carbocycles. The molecule has 0 fully saturated rings. The van der Waals surface area contributed by atoms with Crippen LogP contribution in [-0.4, -0.2) is 34.6 Å². The van der Waals surface area contributed by atoms with Crippen LogP contribution in [-0.2, 0) is 16.0 Å². The van der Waals surface area contributed by atoms with Crippen LogP contribution in [0.1, 0.15) is 89.2 Å². The topological polar surface area (TPSA) is 75.8 Å². The number of nitrogens with zero attached hydrogens (tertiary/aromatic N) is 2. The lowest BCUT2D eigenvalue weighted by atomic mass is 9.87. The normalized spacial score (nSPS) is 15.5. The molecule has 1 amide bonds. The van der Waals surface area contributed by atoms with Crippen molar-refractivity contribution in [1.29, 1.82) is 0 Å². The summed E-state index contributed by atoms with van der Waals surface area (Å²) in [5.41, 5.74) is 7.78. The third-order valence-corrected chi connectivity index (χ3v) is 5.96. The van der Waals surface area contributed by atoms with Crippen molar-refractivity contribution in [3.63, 3.8) is 0 Å². The summed E-state index contributed by atoms with van der Waals surface area (Å²) in [6.45, 7) is 6.91. The molecule has 2 N–H and O–H groups in total. The van der Waals surface area contributed by atoms with Gasteiger partial charge in [0.05, 0.1) is 0 Å². The summed E-state index contributed by atoms with van der Waals surface area (Å²) in [4.78, 5) is 31.7. The number of Topliss-reactive ketones (excluding diaryl/α,β-unsaturated/α-hetero) is 1. The van der Waals surface area contributed by atoms with E-state index in [0.717, 1.165) is 63.4 Å². The van der Waals surface area contributed by atoms with Crippen molar-refractivity contribution < 1.29 is 9.59 Å². The Bertz CT molecular complexity index is 734. The van der Waals surface area contributed by atoms with Crippen molar-refractivity contribution in [2.45, 2.75) is 96.9 Å². The summed E-state index contributed by atoms with van der Waals surface area (Å²) in [7, 11) is 0. The van der Waals surface area contributed by atoms with E-state index in [1.165, 1.54) is 5.56 Å². The highest BCUT2D eigenvalue weighted by atomic mass is 16.2. The summed E-state index contributed by atoms with van der Waals surface area (Å²) in [5.74, 6) is 0.734. The number of carbonyl (C=O) groups excluding carboxylic acids is 2. The van der Waals surface area contributed by atoms with Gasteiger partial charge in [-0.05, 0) is 38.2 Å². The molecule has 1 aliphatic heterocycles. The number of guanidine groups is 1. The second-order valence-electron chi connectivity index (χ2n) is 8.68. The van der Waals surface area contributed by atoms with Crippen LogP contribution in [0.4, 0.5) is 0 Å². The van der Waals surface area contributed by atoms with Crippen LogP contribution in [0.3, 0.4) is 0 Å². The summed E-state index contributed by atoms with van der Waals surface area (Å²) < 4.78 is 0. The summed E-state index contributed by atoms with van der Waals surface area (Å²) in [5, 5.41) is 0. The number of nitrogens with two attached hydrogens (primary N) is 1. The molecule has 5 nitrogen and oxygen atoms in total. The predicted octanol–water partition coefficient (Wildman–Crippen LogP) is 4.94. The maximum absolute atomic E-state index is 13.1. The van der Waals surface area contributed by atoms with Crippen LogP contribution in [0, 0.1) is 6.92 Å². The highest BCUT2D eigenvalue weighted by Gasteiger charge is 2.46. The van der Waals surface area contributed by atoms with E-state index < -0.39 is 5.54 Å². The number of ketones is 1. The summed E-state index contributed by atoms with van der Waals surface area (Å²) >= 11 is 0. The molecule has 5 heteroatoms. The number of benzene rings is 1. The lowest BCUT2D eigenvalue weighted by Crippen LogP contribution is -2.44. The van der Waals surface area contributed by atoms with Gasteiger partial charge in [0.15, 0.2) is 5.96 Å². The largest absolute Gasteiger partial charge is 0.369 e. The molecular weight excluding hydrogens is 374 g/mol. The molecular formula is C25H39N3O2. The van der Waals surface area contributed by atoms with Gasteiger partial charge in [0.1, 0.15) is 11.3 Å². The van der Waals surface area contributed by atoms with Gasteiger partial charge in [0.2, 0.25) is 0 Å². The van der Waals surface area contributed by atoms with Crippen LogP contribution in [0.5, 0.6) is 0 Å². The van der Waals surface area contributed by atoms with Gasteiger partial charge >= 0.3 is 0 Å². The van der Waals surface area contributed by atoms with Crippen LogP contribution in [0.15, 0.2) is 29.3 Å². The molecule has 2 rings (SSSR count). The van der Waals surface area contributed by atoms with E-state index in [0.29, 0.717) is 25.3 Å². The highest BCUT2D eigenvalue weighted by molar-refractivity contribution is 6.06. The Kier molecular flexibility index (Phi) is 9.54. The highest BCUT2D eigenvalue weighted by Crippen LogP contribution is 2.33. The Labute approximate surface area is 182 Å². The Balaban J connectivity index is 1.76. The number of hydrogen-bond acceptors (Lipinski definition) is 4. The lowest BCUT2D eigenvalue weighted by molar-refractivity contribution is -0.132. The number of rotatable bonds is 14. The van der Waals surface area contributed by atoms with Crippen LogP contribution >= 0.6 is 0 Å². The van der Waals surface area contributed by atoms with Crippen molar-refractivity contribution in [2.75, 3.05) is 6.54 Å². The van der Waals surface area contributed by atoms with E-state index in [1.54, 1.807) is 4.90 Å². The van der Waals surface area contributed by atoms with E-state index in [-0.39, 0.29) is 11.7 Å². The van der Waals surface area contributed by atoms with Crippen molar-refractivity contribution in [3.8, 4) is 0 Å². The molecule has 30 heavy (non-hydrogen) atoms. The third-order valence-electron chi connectivity index (χ3n) is 5.96. The number of amides is 1. The van der Waals surface area contributed by atoms with Crippen LogP contribution < -0.4 is 5.73 Å². The van der Waals surface area contributed by atoms with Gasteiger partial charge in [-0.25, -0.2) is 4.99 Å². The minimum atomic E-state index is -0.639. The Hall–Kier alpha value is -2.17. The van der Waals surface area contributed by atoms with Crippen molar-refractivity contribution in [2.24, 2.45) is 10.7 Å². The predicted molar refractivity (Wildman–Crippen MR) is 123 cm³/mol. The number of hydrogen-bond donors (Lipinski definition) is 1. The molecule has 1 aromatic carbocycles. The molecule has 0 aliphatic carbocycles. The Morgan fingerprint density at radius 1 is 1.07 bits per heavy atom. The monoisotopic (exact) mass is 413 g/mol. The molecule has 1 heterocycles. The van der Waals surface area contributed by atoms with Gasteiger partial charge in [0.25, 0.3) is 5.91 Å². The number of unbranched alkanes of at least 4 members (excludes halogenated alkanes) is 4. The zero-order valence-electron chi connectivity index (χ0n) is 19.1. The van der Waals surface area contributed by atoms with E-state index >= 15 is 0 Å². The van der Waals surface area contributed by atoms with Gasteiger partial charge in [-0.2, -0.15) is 0 Å². The summed E-state index contributed by atoms with van der Waals surface area (Å²) in [6, 6.07) is 8.12. The van der Waals surface area contributed by atoms with Crippen molar-refractivity contribution >= 4 is 17.6 Å². The fourth-order valence-electron chi connectivity index (χ4n) is 4.19. The third kappa shape index (κ3) is 6.68. The van der Waals surface area contributed by atoms with E-state index in [2.05, 4.69) is 24.9 Å². The van der Waals surface area contributed by atoms with Gasteiger partial charge in [0, 0.05) is 19.4 Å². The average Bonchev–Trinajstić information content (AvgIpc) is 2.94. The molecule has 1 aliphatic rings. The fourth-order valence-corrected chi connectivity index (χ4v) is 4.19. The van der Waals surface area contributed by atoms with Crippen LogP contribution in [0.2, 0.25) is 0 Å². The van der Waals surface area contributed by atoms with Gasteiger partial charge < -0.3 is 5.73 Å². The molecule has 1 aromatic rings. The first-order valence-electron chi connectivity index (χ1n) is 11.7. The van der Waals surface area contributed by atoms with Gasteiger partial charge in [-0.1, -0.05) is 75.8 Å². The van der Waals surface area contributed by atoms with Crippen molar-refractivity contribution in [3.05, 3.63) is 35.4 Å². The molecule has 0 aromatic heterocycles. The fraction of sp³-hybridized carbons (Fsp3) is 0.640. The molecule has 0 atom stereocenters. The Morgan fingerprint density at radius 2 is 1.77 bits per heavy atom. The zero-order valence-corrected chi connectivity index (χ0v) is 19.1. The maximum atomic E-state index is 13.1. The molecule has 0 spiro atoms. The number of carbonyl (C=O) groups is 2. The second kappa shape index (κ2) is 11.9. The first-order valence-corrected chi connectivity index (χ1v) is 11.7. The minimum absolute atomic E-state index is 0.0809. The van der Waals surface area contributed by atoms with E-state index in [9.17, 15) is 9.59 Å². The molecule has 0 radical (unpaired) electrons. The SMILES string of the molecule is CCCCC1(CCCC)N=C(N)N(CCCCCC(=O)Cc2cccc(C)c2)C1=O. The summed E-state index contributed by atoms with van der Waals surface area (Å²) in [6.07, 6.45) is 9.34. The number of aryl methyl sites for hydroxylation is 1. The number of aliphatic imine (C=N–C) groups is 1. The standard InChI is InChI=1S/C25H39N3O2/c1-4-6-15-25(16-7-5-2)23(30)28(24(26)27-25)17-10-8-9-14-22(29)19-21-13-11-12-20(3)18-21/h11-13,18H,4-10,14-17,19H2,1-3H3,(H2,26,27). The molecule has 0 saturated heterocycles. The molecule has 0 unspecified atom stereocenters. The zero-order chi connectivity index (χ0) is 22.0. The van der Waals surface area contributed by atoms with E-state index in [1.807, 2.05) is 25.1 Å². The smallest absolute Gasteiger partial charge is 0.257 e. The van der Waals surface area contributed by atoms with Crippen molar-refractivity contribution in [1.82, 2.24) is 4.90 Å². The van der Waals surface area contributed by atoms with Crippen LogP contribution in [0.25, 0.3) is 0 Å². The minimum Gasteiger partial charge on any atom is -0.369 e. The van der Waals surface area contributed by atoms with E-state index in [4.69, 9.17) is 5.73 Å². The maximum Gasteiger partial charge on any atom is 0.257 e. The molecule has 0 bridgehead atoms. The Morgan fingerprint density at radius 3 is 2.40 bits per heavy atom. The van der Waals surface area contributed by atoms with Gasteiger partial charge in [-0.15, -0.1) is 0 Å². The first-order chi connectivity index (χ1) is 14.4. The second-order valence-corrected chi connectivity index (χ2v) is 8.68. The lowest BCUT2D eigenvalue weighted by Gasteiger charge is -2.26. The molecule has 166 valence electrons. The van der Waals surface area contributed by atoms with Gasteiger partial charge in [-0.3, -0.25) is 14.5 Å². The quantitative estimate of drug-likeness (QED) is 0.439. The average molecular weight is 414 g/mol.